The largest absolute Gasteiger partial charge is 0.436 e. The minimum Gasteiger partial charge on any atom is -0.436 e. The monoisotopic (exact) mass is 402 g/mol. The second kappa shape index (κ2) is 8.33. The number of hydrogen-bond acceptors (Lipinski definition) is 3. The molecule has 4 rings (SSSR count). The van der Waals surface area contributed by atoms with Gasteiger partial charge in [0.05, 0.1) is 11.8 Å². The van der Waals surface area contributed by atoms with Gasteiger partial charge < -0.3 is 9.73 Å². The first-order chi connectivity index (χ1) is 14.1. The standard InChI is InChI=1S/C24H19ClN2O2/c1-2-16-7-13-19(14-8-16)27-23(28)20-5-3-4-6-21(20)24-26-15-22(29-24)17-9-11-18(25)12-10-17/h3-15H,2H2,1H3,(H,27,28). The van der Waals surface area contributed by atoms with Crippen molar-refractivity contribution in [3.8, 4) is 22.8 Å². The number of oxazole rings is 1. The summed E-state index contributed by atoms with van der Waals surface area (Å²) in [5, 5.41) is 3.60. The average Bonchev–Trinajstić information content (AvgIpc) is 3.25. The van der Waals surface area contributed by atoms with E-state index >= 15 is 0 Å². The molecule has 4 aromatic rings. The van der Waals surface area contributed by atoms with Crippen LogP contribution < -0.4 is 5.32 Å². The number of carbonyl (C=O) groups excluding carboxylic acids is 1. The number of benzene rings is 3. The lowest BCUT2D eigenvalue weighted by atomic mass is 10.1. The molecule has 0 atom stereocenters. The third kappa shape index (κ3) is 4.23. The van der Waals surface area contributed by atoms with Crippen molar-refractivity contribution in [2.45, 2.75) is 13.3 Å². The topological polar surface area (TPSA) is 55.1 Å². The van der Waals surface area contributed by atoms with Crippen LogP contribution in [0.3, 0.4) is 0 Å². The Labute approximate surface area is 174 Å². The van der Waals surface area contributed by atoms with Crippen molar-refractivity contribution >= 4 is 23.2 Å². The van der Waals surface area contributed by atoms with Crippen molar-refractivity contribution in [1.82, 2.24) is 4.98 Å². The Kier molecular flexibility index (Phi) is 5.45. The summed E-state index contributed by atoms with van der Waals surface area (Å²) in [6.07, 6.45) is 2.61. The van der Waals surface area contributed by atoms with Crippen LogP contribution in [0.5, 0.6) is 0 Å². The molecular formula is C24H19ClN2O2. The fourth-order valence-corrected chi connectivity index (χ4v) is 3.16. The number of amides is 1. The van der Waals surface area contributed by atoms with Gasteiger partial charge in [-0.25, -0.2) is 4.98 Å². The molecule has 0 unspecified atom stereocenters. The lowest BCUT2D eigenvalue weighted by Gasteiger charge is -2.09. The van der Waals surface area contributed by atoms with Gasteiger partial charge in [0.25, 0.3) is 5.91 Å². The first kappa shape index (κ1) is 19.0. The lowest BCUT2D eigenvalue weighted by molar-refractivity contribution is 0.102. The second-order valence-electron chi connectivity index (χ2n) is 6.59. The minimum atomic E-state index is -0.212. The molecule has 1 heterocycles. The third-order valence-corrected chi connectivity index (χ3v) is 4.91. The highest BCUT2D eigenvalue weighted by molar-refractivity contribution is 6.30. The number of aryl methyl sites for hydroxylation is 1. The summed E-state index contributed by atoms with van der Waals surface area (Å²) in [5.41, 5.74) is 3.97. The Morgan fingerprint density at radius 1 is 1.00 bits per heavy atom. The van der Waals surface area contributed by atoms with E-state index in [9.17, 15) is 4.79 Å². The molecule has 144 valence electrons. The number of carbonyl (C=O) groups is 1. The lowest BCUT2D eigenvalue weighted by Crippen LogP contribution is -2.13. The van der Waals surface area contributed by atoms with Gasteiger partial charge in [-0.15, -0.1) is 0 Å². The van der Waals surface area contributed by atoms with Crippen molar-refractivity contribution in [1.29, 1.82) is 0 Å². The zero-order valence-corrected chi connectivity index (χ0v) is 16.6. The molecule has 0 spiro atoms. The van der Waals surface area contributed by atoms with E-state index in [1.807, 2.05) is 54.6 Å². The highest BCUT2D eigenvalue weighted by atomic mass is 35.5. The van der Waals surface area contributed by atoms with Crippen molar-refractivity contribution in [2.75, 3.05) is 5.32 Å². The number of hydrogen-bond donors (Lipinski definition) is 1. The number of halogens is 1. The van der Waals surface area contributed by atoms with Gasteiger partial charge in [0.1, 0.15) is 0 Å². The van der Waals surface area contributed by atoms with Crippen molar-refractivity contribution in [3.63, 3.8) is 0 Å². The predicted molar refractivity (Wildman–Crippen MR) is 116 cm³/mol. The molecule has 1 aromatic heterocycles. The number of anilines is 1. The average molecular weight is 403 g/mol. The van der Waals surface area contributed by atoms with Gasteiger partial charge in [-0.1, -0.05) is 42.8 Å². The number of aromatic nitrogens is 1. The van der Waals surface area contributed by atoms with Gasteiger partial charge >= 0.3 is 0 Å². The maximum atomic E-state index is 12.9. The molecule has 0 aliphatic rings. The van der Waals surface area contributed by atoms with Gasteiger partial charge in [0.2, 0.25) is 5.89 Å². The number of nitrogens with one attached hydrogen (secondary N) is 1. The van der Waals surface area contributed by atoms with Crippen LogP contribution in [-0.2, 0) is 6.42 Å². The highest BCUT2D eigenvalue weighted by Gasteiger charge is 2.17. The van der Waals surface area contributed by atoms with Crippen molar-refractivity contribution in [3.05, 3.63) is 95.1 Å². The Bertz CT molecular complexity index is 1130. The van der Waals surface area contributed by atoms with E-state index in [0.29, 0.717) is 27.8 Å². The summed E-state index contributed by atoms with van der Waals surface area (Å²) >= 11 is 5.95. The SMILES string of the molecule is CCc1ccc(NC(=O)c2ccccc2-c2ncc(-c3ccc(Cl)cc3)o2)cc1. The summed E-state index contributed by atoms with van der Waals surface area (Å²) in [6, 6.07) is 22.4. The van der Waals surface area contributed by atoms with Gasteiger partial charge in [-0.2, -0.15) is 0 Å². The van der Waals surface area contributed by atoms with E-state index in [0.717, 1.165) is 17.7 Å². The van der Waals surface area contributed by atoms with Crippen LogP contribution >= 0.6 is 11.6 Å². The Balaban J connectivity index is 1.61. The van der Waals surface area contributed by atoms with E-state index in [1.165, 1.54) is 5.56 Å². The van der Waals surface area contributed by atoms with Crippen LogP contribution in [0.4, 0.5) is 5.69 Å². The maximum absolute atomic E-state index is 12.9. The molecule has 1 amide bonds. The molecule has 0 saturated carbocycles. The quantitative estimate of drug-likeness (QED) is 0.415. The maximum Gasteiger partial charge on any atom is 0.256 e. The normalized spacial score (nSPS) is 10.7. The molecule has 0 aliphatic heterocycles. The van der Waals surface area contributed by atoms with Gasteiger partial charge in [0, 0.05) is 21.8 Å². The molecule has 0 radical (unpaired) electrons. The second-order valence-corrected chi connectivity index (χ2v) is 7.02. The summed E-state index contributed by atoms with van der Waals surface area (Å²) in [6.45, 7) is 2.10. The van der Waals surface area contributed by atoms with E-state index in [2.05, 4.69) is 17.2 Å². The number of rotatable bonds is 5. The third-order valence-electron chi connectivity index (χ3n) is 4.66. The Hall–Kier alpha value is -3.37. The molecule has 0 bridgehead atoms. The summed E-state index contributed by atoms with van der Waals surface area (Å²) in [4.78, 5) is 17.3. The molecule has 1 N–H and O–H groups in total. The molecule has 3 aromatic carbocycles. The zero-order valence-electron chi connectivity index (χ0n) is 15.9. The van der Waals surface area contributed by atoms with Crippen LogP contribution in [0.25, 0.3) is 22.8 Å². The van der Waals surface area contributed by atoms with E-state index in [4.69, 9.17) is 16.0 Å². The van der Waals surface area contributed by atoms with Crippen molar-refractivity contribution < 1.29 is 9.21 Å². The predicted octanol–water partition coefficient (Wildman–Crippen LogP) is 6.48. The van der Waals surface area contributed by atoms with E-state index in [-0.39, 0.29) is 5.91 Å². The van der Waals surface area contributed by atoms with Crippen LogP contribution in [-0.4, -0.2) is 10.9 Å². The molecular weight excluding hydrogens is 384 g/mol. The molecule has 0 aliphatic carbocycles. The van der Waals surface area contributed by atoms with Gasteiger partial charge in [-0.05, 0) is 60.5 Å². The highest BCUT2D eigenvalue weighted by Crippen LogP contribution is 2.29. The first-order valence-corrected chi connectivity index (χ1v) is 9.73. The smallest absolute Gasteiger partial charge is 0.256 e. The Morgan fingerprint density at radius 2 is 1.72 bits per heavy atom. The van der Waals surface area contributed by atoms with Crippen LogP contribution in [0, 0.1) is 0 Å². The van der Waals surface area contributed by atoms with E-state index < -0.39 is 0 Å². The van der Waals surface area contributed by atoms with Crippen LogP contribution in [0.1, 0.15) is 22.8 Å². The van der Waals surface area contributed by atoms with Crippen LogP contribution in [0.15, 0.2) is 83.4 Å². The number of nitrogens with zero attached hydrogens (tertiary/aromatic N) is 1. The molecule has 29 heavy (non-hydrogen) atoms. The van der Waals surface area contributed by atoms with E-state index in [1.54, 1.807) is 24.4 Å². The van der Waals surface area contributed by atoms with Crippen LogP contribution in [0.2, 0.25) is 5.02 Å². The molecule has 4 nitrogen and oxygen atoms in total. The summed E-state index contributed by atoms with van der Waals surface area (Å²) in [5.74, 6) is 0.792. The van der Waals surface area contributed by atoms with Crippen molar-refractivity contribution in [2.24, 2.45) is 0 Å². The fourth-order valence-electron chi connectivity index (χ4n) is 3.04. The molecule has 5 heteroatoms. The van der Waals surface area contributed by atoms with Gasteiger partial charge in [0.15, 0.2) is 5.76 Å². The first-order valence-electron chi connectivity index (χ1n) is 9.35. The fraction of sp³-hybridized carbons (Fsp3) is 0.0833. The zero-order chi connectivity index (χ0) is 20.2. The molecule has 0 fully saturated rings. The molecule has 0 saturated heterocycles. The Morgan fingerprint density at radius 3 is 2.45 bits per heavy atom. The summed E-state index contributed by atoms with van der Waals surface area (Å²) < 4.78 is 5.93. The summed E-state index contributed by atoms with van der Waals surface area (Å²) in [7, 11) is 0. The minimum absolute atomic E-state index is 0.212. The van der Waals surface area contributed by atoms with Gasteiger partial charge in [-0.3, -0.25) is 4.79 Å².